The van der Waals surface area contributed by atoms with Gasteiger partial charge in [0.05, 0.1) is 16.8 Å². The van der Waals surface area contributed by atoms with Crippen LogP contribution in [0.2, 0.25) is 0 Å². The molecule has 0 aromatic heterocycles. The second kappa shape index (κ2) is 8.75. The summed E-state index contributed by atoms with van der Waals surface area (Å²) in [5.41, 5.74) is 3.32. The summed E-state index contributed by atoms with van der Waals surface area (Å²) >= 11 is 0. The van der Waals surface area contributed by atoms with Crippen LogP contribution in [0.3, 0.4) is 0 Å². The van der Waals surface area contributed by atoms with Gasteiger partial charge in [0.1, 0.15) is 4.90 Å². The quantitative estimate of drug-likeness (QED) is 0.396. The van der Waals surface area contributed by atoms with Crippen LogP contribution in [0.15, 0.2) is 46.4 Å². The Bertz CT molecular complexity index is 1160. The summed E-state index contributed by atoms with van der Waals surface area (Å²) in [6, 6.07) is 8.58. The third-order valence-electron chi connectivity index (χ3n) is 5.64. The van der Waals surface area contributed by atoms with Crippen molar-refractivity contribution in [1.29, 1.82) is 0 Å². The average Bonchev–Trinajstić information content (AvgIpc) is 3.21. The van der Waals surface area contributed by atoms with Crippen LogP contribution >= 0.6 is 0 Å². The SMILES string of the molecule is C[C@@H]1CCC[C@@H](C)N1S(=O)(=O)c1cc([N+](=O)[O-])ccc1N/N=C\c1ccc2c(c1)OCO2. The molecule has 2 aromatic rings. The van der Waals surface area contributed by atoms with E-state index in [9.17, 15) is 18.5 Å². The molecule has 4 rings (SSSR count). The van der Waals surface area contributed by atoms with Crippen molar-refractivity contribution < 1.29 is 22.8 Å². The van der Waals surface area contributed by atoms with Gasteiger partial charge in [-0.1, -0.05) is 6.42 Å². The summed E-state index contributed by atoms with van der Waals surface area (Å²) in [6.07, 6.45) is 3.92. The third-order valence-corrected chi connectivity index (χ3v) is 7.81. The molecule has 11 heteroatoms. The number of piperidine rings is 1. The molecule has 1 fully saturated rings. The summed E-state index contributed by atoms with van der Waals surface area (Å²) in [4.78, 5) is 10.5. The molecular formula is C21H24N4O6S. The first kappa shape index (κ1) is 22.0. The molecule has 2 atom stereocenters. The zero-order valence-corrected chi connectivity index (χ0v) is 18.5. The summed E-state index contributed by atoms with van der Waals surface area (Å²) in [7, 11) is -3.99. The fourth-order valence-corrected chi connectivity index (χ4v) is 6.13. The highest BCUT2D eigenvalue weighted by atomic mass is 32.2. The largest absolute Gasteiger partial charge is 0.454 e. The van der Waals surface area contributed by atoms with Gasteiger partial charge in [-0.2, -0.15) is 9.41 Å². The lowest BCUT2D eigenvalue weighted by Gasteiger charge is -2.37. The number of non-ortho nitro benzene ring substituents is 1. The van der Waals surface area contributed by atoms with Crippen LogP contribution in [0.5, 0.6) is 11.5 Å². The van der Waals surface area contributed by atoms with Crippen molar-refractivity contribution in [2.24, 2.45) is 5.10 Å². The number of nitro benzene ring substituents is 1. The first-order valence-electron chi connectivity index (χ1n) is 10.3. The number of rotatable bonds is 6. The lowest BCUT2D eigenvalue weighted by Crippen LogP contribution is -2.47. The van der Waals surface area contributed by atoms with Gasteiger partial charge in [-0.05, 0) is 56.5 Å². The molecule has 0 amide bonds. The second-order valence-corrected chi connectivity index (χ2v) is 9.70. The number of fused-ring (bicyclic) bond motifs is 1. The standard InChI is InChI=1S/C21H24N4O6S/c1-14-4-3-5-15(2)24(14)32(28,29)21-11-17(25(26)27)7-8-18(21)23-22-12-16-6-9-19-20(10-16)31-13-30-19/h6-12,14-15,23H,3-5,13H2,1-2H3/b22-12-/t14-,15-/m1/s1. The van der Waals surface area contributed by atoms with E-state index in [4.69, 9.17) is 9.47 Å². The molecule has 2 aromatic carbocycles. The van der Waals surface area contributed by atoms with Crippen LogP contribution in [0, 0.1) is 10.1 Å². The fourth-order valence-electron chi connectivity index (χ4n) is 4.09. The van der Waals surface area contributed by atoms with Gasteiger partial charge in [0.15, 0.2) is 11.5 Å². The molecule has 2 heterocycles. The Morgan fingerprint density at radius 3 is 2.56 bits per heavy atom. The van der Waals surface area contributed by atoms with Gasteiger partial charge < -0.3 is 9.47 Å². The Labute approximate surface area is 186 Å². The van der Waals surface area contributed by atoms with Crippen molar-refractivity contribution in [2.45, 2.75) is 50.1 Å². The predicted octanol–water partition coefficient (Wildman–Crippen LogP) is 3.72. The van der Waals surface area contributed by atoms with Crippen molar-refractivity contribution >= 4 is 27.6 Å². The van der Waals surface area contributed by atoms with E-state index < -0.39 is 14.9 Å². The summed E-state index contributed by atoms with van der Waals surface area (Å²) in [5.74, 6) is 1.24. The molecule has 2 aliphatic heterocycles. The van der Waals surface area contributed by atoms with E-state index in [1.54, 1.807) is 18.2 Å². The number of nitro groups is 1. The monoisotopic (exact) mass is 460 g/mol. The van der Waals surface area contributed by atoms with E-state index >= 15 is 0 Å². The molecule has 0 bridgehead atoms. The molecule has 32 heavy (non-hydrogen) atoms. The zero-order chi connectivity index (χ0) is 22.9. The highest BCUT2D eigenvalue weighted by Gasteiger charge is 2.37. The van der Waals surface area contributed by atoms with Crippen LogP contribution < -0.4 is 14.9 Å². The van der Waals surface area contributed by atoms with Gasteiger partial charge in [-0.25, -0.2) is 8.42 Å². The van der Waals surface area contributed by atoms with Crippen molar-refractivity contribution in [1.82, 2.24) is 4.31 Å². The van der Waals surface area contributed by atoms with Gasteiger partial charge >= 0.3 is 0 Å². The van der Waals surface area contributed by atoms with E-state index in [0.717, 1.165) is 25.3 Å². The fraction of sp³-hybridized carbons (Fsp3) is 0.381. The molecule has 0 saturated carbocycles. The lowest BCUT2D eigenvalue weighted by molar-refractivity contribution is -0.385. The molecule has 0 unspecified atom stereocenters. The molecular weight excluding hydrogens is 436 g/mol. The number of ether oxygens (including phenoxy) is 2. The maximum Gasteiger partial charge on any atom is 0.270 e. The zero-order valence-electron chi connectivity index (χ0n) is 17.7. The Hall–Kier alpha value is -3.18. The number of sulfonamides is 1. The minimum atomic E-state index is -3.99. The van der Waals surface area contributed by atoms with Crippen molar-refractivity contribution in [3.05, 3.63) is 52.1 Å². The minimum Gasteiger partial charge on any atom is -0.454 e. The highest BCUT2D eigenvalue weighted by molar-refractivity contribution is 7.89. The Morgan fingerprint density at radius 1 is 1.12 bits per heavy atom. The molecule has 10 nitrogen and oxygen atoms in total. The number of hydrogen-bond acceptors (Lipinski definition) is 8. The number of hydrazone groups is 1. The number of anilines is 1. The number of benzene rings is 2. The maximum atomic E-state index is 13.5. The predicted molar refractivity (Wildman–Crippen MR) is 119 cm³/mol. The molecule has 0 radical (unpaired) electrons. The summed E-state index contributed by atoms with van der Waals surface area (Å²) < 4.78 is 39.2. The average molecular weight is 461 g/mol. The molecule has 2 aliphatic rings. The minimum absolute atomic E-state index is 0.158. The van der Waals surface area contributed by atoms with Crippen molar-refractivity contribution in [2.75, 3.05) is 12.2 Å². The molecule has 0 aliphatic carbocycles. The summed E-state index contributed by atoms with van der Waals surface area (Å²) in [6.45, 7) is 3.87. The van der Waals surface area contributed by atoms with Crippen LogP contribution in [0.1, 0.15) is 38.7 Å². The van der Waals surface area contributed by atoms with Gasteiger partial charge in [0, 0.05) is 24.2 Å². The van der Waals surface area contributed by atoms with E-state index in [1.165, 1.54) is 22.7 Å². The maximum absolute atomic E-state index is 13.5. The molecule has 170 valence electrons. The highest BCUT2D eigenvalue weighted by Crippen LogP contribution is 2.35. The second-order valence-electron chi connectivity index (χ2n) is 7.88. The first-order valence-corrected chi connectivity index (χ1v) is 11.7. The molecule has 1 N–H and O–H groups in total. The molecule has 1 saturated heterocycles. The van der Waals surface area contributed by atoms with E-state index in [1.807, 2.05) is 13.8 Å². The summed E-state index contributed by atoms with van der Waals surface area (Å²) in [5, 5.41) is 15.5. The smallest absolute Gasteiger partial charge is 0.270 e. The Morgan fingerprint density at radius 2 is 1.84 bits per heavy atom. The van der Waals surface area contributed by atoms with Crippen LogP contribution in [0.4, 0.5) is 11.4 Å². The third kappa shape index (κ3) is 4.26. The number of nitrogens with zero attached hydrogens (tertiary/aromatic N) is 3. The van der Waals surface area contributed by atoms with E-state index in [0.29, 0.717) is 17.1 Å². The van der Waals surface area contributed by atoms with Crippen LogP contribution in [0.25, 0.3) is 0 Å². The van der Waals surface area contributed by atoms with Crippen LogP contribution in [-0.4, -0.2) is 42.7 Å². The van der Waals surface area contributed by atoms with Gasteiger partial charge in [-0.15, -0.1) is 0 Å². The number of nitrogens with one attached hydrogen (secondary N) is 1. The first-order chi connectivity index (χ1) is 15.3. The topological polar surface area (TPSA) is 123 Å². The van der Waals surface area contributed by atoms with Gasteiger partial charge in [-0.3, -0.25) is 15.5 Å². The Balaban J connectivity index is 1.66. The van der Waals surface area contributed by atoms with Gasteiger partial charge in [0.2, 0.25) is 16.8 Å². The van der Waals surface area contributed by atoms with E-state index in [2.05, 4.69) is 10.5 Å². The van der Waals surface area contributed by atoms with Crippen LogP contribution in [-0.2, 0) is 10.0 Å². The Kier molecular flexibility index (Phi) is 6.02. The van der Waals surface area contributed by atoms with Crippen molar-refractivity contribution in [3.63, 3.8) is 0 Å². The van der Waals surface area contributed by atoms with Crippen molar-refractivity contribution in [3.8, 4) is 11.5 Å². The lowest BCUT2D eigenvalue weighted by atomic mass is 10.0. The van der Waals surface area contributed by atoms with Gasteiger partial charge in [0.25, 0.3) is 5.69 Å². The molecule has 0 spiro atoms. The normalized spacial score (nSPS) is 21.1. The van der Waals surface area contributed by atoms with E-state index in [-0.39, 0.29) is 35.1 Å². The number of hydrogen-bond donors (Lipinski definition) is 1.